The molecule has 0 radical (unpaired) electrons. The largest absolute Gasteiger partial charge is 0.336 e. The summed E-state index contributed by atoms with van der Waals surface area (Å²) in [5, 5.41) is 0. The molecule has 0 aliphatic rings. The molecule has 1 heterocycles. The Kier molecular flexibility index (Phi) is 5.51. The van der Waals surface area contributed by atoms with Gasteiger partial charge in [0.05, 0.1) is 0 Å². The second kappa shape index (κ2) is 7.20. The zero-order chi connectivity index (χ0) is 17.0. The summed E-state index contributed by atoms with van der Waals surface area (Å²) in [7, 11) is -1.95. The van der Waals surface area contributed by atoms with Gasteiger partial charge in [-0.1, -0.05) is 26.0 Å². The number of halogens is 1. The molecular weight excluding hydrogens is 319 g/mol. The quantitative estimate of drug-likeness (QED) is 0.836. The molecule has 1 aromatic heterocycles. The van der Waals surface area contributed by atoms with Gasteiger partial charge in [-0.25, -0.2) is 9.37 Å². The molecule has 6 nitrogen and oxygen atoms in total. The Morgan fingerprint density at radius 3 is 2.57 bits per heavy atom. The van der Waals surface area contributed by atoms with Crippen molar-refractivity contribution in [1.82, 2.24) is 18.6 Å². The molecule has 0 amide bonds. The Hall–Kier alpha value is -1.77. The van der Waals surface area contributed by atoms with Crippen molar-refractivity contribution >= 4 is 10.2 Å². The van der Waals surface area contributed by atoms with Crippen LogP contribution in [0.15, 0.2) is 36.7 Å². The van der Waals surface area contributed by atoms with E-state index in [1.165, 1.54) is 16.4 Å². The highest BCUT2D eigenvalue weighted by Crippen LogP contribution is 2.22. The molecule has 126 valence electrons. The first-order valence-electron chi connectivity index (χ1n) is 7.39. The number of hydrogen-bond donors (Lipinski definition) is 1. The molecule has 23 heavy (non-hydrogen) atoms. The summed E-state index contributed by atoms with van der Waals surface area (Å²) in [6.45, 7) is 4.23. The Morgan fingerprint density at radius 2 is 2.04 bits per heavy atom. The second-order valence-electron chi connectivity index (χ2n) is 5.09. The lowest BCUT2D eigenvalue weighted by molar-refractivity contribution is 0.428. The summed E-state index contributed by atoms with van der Waals surface area (Å²) in [6.07, 6.45) is 3.29. The van der Waals surface area contributed by atoms with E-state index in [-0.39, 0.29) is 0 Å². The molecule has 1 aromatic carbocycles. The van der Waals surface area contributed by atoms with Crippen LogP contribution in [0.3, 0.4) is 0 Å². The normalized spacial score (nSPS) is 13.4. The fourth-order valence-electron chi connectivity index (χ4n) is 2.40. The summed E-state index contributed by atoms with van der Waals surface area (Å²) in [5.41, 5.74) is 0.495. The lowest BCUT2D eigenvalue weighted by Gasteiger charge is -2.24. The molecule has 0 aliphatic heterocycles. The van der Waals surface area contributed by atoms with Gasteiger partial charge in [0, 0.05) is 32.5 Å². The fourth-order valence-corrected chi connectivity index (χ4v) is 3.77. The topological polar surface area (TPSA) is 67.2 Å². The summed E-state index contributed by atoms with van der Waals surface area (Å²) >= 11 is 0. The van der Waals surface area contributed by atoms with E-state index in [1.807, 2.05) is 0 Å². The van der Waals surface area contributed by atoms with Gasteiger partial charge in [0.25, 0.3) is 10.2 Å². The smallest absolute Gasteiger partial charge is 0.280 e. The number of rotatable bonds is 7. The average molecular weight is 340 g/mol. The van der Waals surface area contributed by atoms with Gasteiger partial charge in [-0.3, -0.25) is 0 Å². The zero-order valence-electron chi connectivity index (χ0n) is 13.4. The summed E-state index contributed by atoms with van der Waals surface area (Å²) in [6, 6.07) is 5.08. The van der Waals surface area contributed by atoms with E-state index in [2.05, 4.69) is 9.71 Å². The minimum Gasteiger partial charge on any atom is -0.336 e. The van der Waals surface area contributed by atoms with E-state index in [1.54, 1.807) is 50.0 Å². The van der Waals surface area contributed by atoms with Gasteiger partial charge < -0.3 is 4.57 Å². The van der Waals surface area contributed by atoms with Gasteiger partial charge >= 0.3 is 0 Å². The molecule has 8 heteroatoms. The van der Waals surface area contributed by atoms with Gasteiger partial charge in [-0.15, -0.1) is 0 Å². The molecule has 1 atom stereocenters. The first-order valence-corrected chi connectivity index (χ1v) is 8.83. The van der Waals surface area contributed by atoms with Gasteiger partial charge in [0.1, 0.15) is 17.7 Å². The summed E-state index contributed by atoms with van der Waals surface area (Å²) in [4.78, 5) is 4.21. The maximum absolute atomic E-state index is 13.6. The number of aryl methyl sites for hydroxylation is 1. The van der Waals surface area contributed by atoms with E-state index >= 15 is 0 Å². The van der Waals surface area contributed by atoms with Crippen LogP contribution in [0.4, 0.5) is 4.39 Å². The van der Waals surface area contributed by atoms with Crippen LogP contribution in [-0.4, -0.2) is 35.4 Å². The van der Waals surface area contributed by atoms with Gasteiger partial charge in [-0.05, 0) is 17.7 Å². The van der Waals surface area contributed by atoms with Crippen LogP contribution in [0.5, 0.6) is 0 Å². The van der Waals surface area contributed by atoms with E-state index in [4.69, 9.17) is 0 Å². The van der Waals surface area contributed by atoms with Gasteiger partial charge in [-0.2, -0.15) is 17.4 Å². The van der Waals surface area contributed by atoms with Crippen molar-refractivity contribution in [2.45, 2.75) is 19.9 Å². The van der Waals surface area contributed by atoms with E-state index in [9.17, 15) is 12.8 Å². The SMILES string of the molecule is CCN(CC)S(=O)(=O)N[C@H](c1cccc(F)c1)c1nccn1C. The number of benzene rings is 1. The molecule has 2 rings (SSSR count). The number of imidazole rings is 1. The fraction of sp³-hybridized carbons (Fsp3) is 0.400. The lowest BCUT2D eigenvalue weighted by Crippen LogP contribution is -2.43. The van der Waals surface area contributed by atoms with Gasteiger partial charge in [0.15, 0.2) is 0 Å². The highest BCUT2D eigenvalue weighted by molar-refractivity contribution is 7.87. The highest BCUT2D eigenvalue weighted by atomic mass is 32.2. The minimum absolute atomic E-state index is 0.349. The summed E-state index contributed by atoms with van der Waals surface area (Å²) in [5.74, 6) is 0.0649. The molecule has 0 saturated heterocycles. The van der Waals surface area contributed by atoms with Crippen molar-refractivity contribution in [2.24, 2.45) is 7.05 Å². The van der Waals surface area contributed by atoms with Crippen LogP contribution in [0, 0.1) is 5.82 Å². The van der Waals surface area contributed by atoms with Crippen LogP contribution >= 0.6 is 0 Å². The van der Waals surface area contributed by atoms with E-state index in [0.717, 1.165) is 0 Å². The Bertz CT molecular complexity index is 756. The van der Waals surface area contributed by atoms with Crippen molar-refractivity contribution in [3.8, 4) is 0 Å². The third-order valence-electron chi connectivity index (χ3n) is 3.61. The Balaban J connectivity index is 2.45. The van der Waals surface area contributed by atoms with Crippen molar-refractivity contribution in [1.29, 1.82) is 0 Å². The first-order chi connectivity index (χ1) is 10.9. The van der Waals surface area contributed by atoms with Crippen molar-refractivity contribution in [3.63, 3.8) is 0 Å². The zero-order valence-corrected chi connectivity index (χ0v) is 14.2. The van der Waals surface area contributed by atoms with Crippen LogP contribution in [0.1, 0.15) is 31.3 Å². The Labute approximate surface area is 136 Å². The number of nitrogens with one attached hydrogen (secondary N) is 1. The van der Waals surface area contributed by atoms with Crippen LogP contribution in [-0.2, 0) is 17.3 Å². The second-order valence-corrected chi connectivity index (χ2v) is 6.79. The molecule has 0 bridgehead atoms. The molecule has 0 unspecified atom stereocenters. The predicted molar refractivity (Wildman–Crippen MR) is 86.4 cm³/mol. The lowest BCUT2D eigenvalue weighted by atomic mass is 10.1. The minimum atomic E-state index is -3.72. The van der Waals surface area contributed by atoms with Gasteiger partial charge in [0.2, 0.25) is 0 Å². The van der Waals surface area contributed by atoms with Crippen LogP contribution in [0.2, 0.25) is 0 Å². The molecular formula is C15H21FN4O2S. The predicted octanol–water partition coefficient (Wildman–Crippen LogP) is 1.82. The Morgan fingerprint density at radius 1 is 1.35 bits per heavy atom. The third-order valence-corrected chi connectivity index (χ3v) is 5.34. The molecule has 0 spiro atoms. The molecule has 0 fully saturated rings. The number of hydrogen-bond acceptors (Lipinski definition) is 3. The van der Waals surface area contributed by atoms with Crippen molar-refractivity contribution in [3.05, 3.63) is 53.9 Å². The van der Waals surface area contributed by atoms with E-state index < -0.39 is 22.1 Å². The maximum Gasteiger partial charge on any atom is 0.280 e. The number of aromatic nitrogens is 2. The third kappa shape index (κ3) is 3.95. The highest BCUT2D eigenvalue weighted by Gasteiger charge is 2.27. The average Bonchev–Trinajstić information content (AvgIpc) is 2.92. The standard InChI is InChI=1S/C15H21FN4O2S/c1-4-20(5-2)23(21,22)18-14(15-17-9-10-19(15)3)12-7-6-8-13(16)11-12/h6-11,14,18H,4-5H2,1-3H3/t14-/m1/s1. The van der Waals surface area contributed by atoms with Crippen molar-refractivity contribution in [2.75, 3.05) is 13.1 Å². The maximum atomic E-state index is 13.6. The molecule has 2 aromatic rings. The van der Waals surface area contributed by atoms with Crippen molar-refractivity contribution < 1.29 is 12.8 Å². The van der Waals surface area contributed by atoms with Crippen LogP contribution < -0.4 is 4.72 Å². The monoisotopic (exact) mass is 340 g/mol. The molecule has 0 aliphatic carbocycles. The summed E-state index contributed by atoms with van der Waals surface area (Å²) < 4.78 is 44.3. The molecule has 0 saturated carbocycles. The number of nitrogens with zero attached hydrogens (tertiary/aromatic N) is 3. The van der Waals surface area contributed by atoms with Crippen LogP contribution in [0.25, 0.3) is 0 Å². The first kappa shape index (κ1) is 17.6. The van der Waals surface area contributed by atoms with E-state index in [0.29, 0.717) is 24.5 Å². The molecule has 1 N–H and O–H groups in total.